The van der Waals surface area contributed by atoms with Crippen molar-refractivity contribution in [2.45, 2.75) is 24.9 Å². The minimum absolute atomic E-state index is 0.498. The van der Waals surface area contributed by atoms with Crippen molar-refractivity contribution in [1.29, 1.82) is 0 Å². The first-order chi connectivity index (χ1) is 13.2. The predicted octanol–water partition coefficient (Wildman–Crippen LogP) is 8.73. The summed E-state index contributed by atoms with van der Waals surface area (Å²) in [5, 5.41) is 0. The molecule has 0 aliphatic heterocycles. The summed E-state index contributed by atoms with van der Waals surface area (Å²) in [6.07, 6.45) is 1.75. The Morgan fingerprint density at radius 3 is 1.43 bits per heavy atom. The molecule has 0 saturated heterocycles. The van der Waals surface area contributed by atoms with Crippen LogP contribution in [0.4, 0.5) is 0 Å². The van der Waals surface area contributed by atoms with Crippen LogP contribution in [0.1, 0.15) is 18.4 Å². The summed E-state index contributed by atoms with van der Waals surface area (Å²) >= 11 is 20.8. The summed E-state index contributed by atoms with van der Waals surface area (Å²) in [4.78, 5) is 0. The highest BCUT2D eigenvalue weighted by molar-refractivity contribution is 7.54. The molecule has 2 rings (SSSR count). The fourth-order valence-corrected chi connectivity index (χ4v) is 5.11. The van der Waals surface area contributed by atoms with Crippen LogP contribution in [0.5, 0.6) is 0 Å². The van der Waals surface area contributed by atoms with E-state index in [1.165, 1.54) is 5.56 Å². The van der Waals surface area contributed by atoms with Crippen molar-refractivity contribution >= 4 is 101 Å². The Kier molecular flexibility index (Phi) is 25.6. The molecule has 0 heterocycles. The molecule has 0 spiro atoms. The van der Waals surface area contributed by atoms with Gasteiger partial charge in [-0.1, -0.05) is 79.7 Å². The smallest absolute Gasteiger partial charge is 0.214 e. The number of halogens is 7. The van der Waals surface area contributed by atoms with Crippen LogP contribution in [0.3, 0.4) is 0 Å². The molecular formula is C18H24AlCl7Si2. The van der Waals surface area contributed by atoms with Crippen molar-refractivity contribution in [3.05, 3.63) is 84.9 Å². The standard InChI is InChI=1S/C9H12Cl2Si.C6H6.C3H6Cl2Si.Al.3ClH/c1-8(7-12(10)11)9-5-3-2-4-6-9;1-2-4-6-5-3-1;1-2-3-6(4)5;;;;/h2-6,8,12H,7H2,1H3;1-6H;2,6H,1,3H2;;3*1H/q;;;+3;;;/p-3. The Morgan fingerprint density at radius 1 is 0.821 bits per heavy atom. The maximum Gasteiger partial charge on any atom is 0.643 e. The van der Waals surface area contributed by atoms with Crippen molar-refractivity contribution in [2.75, 3.05) is 0 Å². The van der Waals surface area contributed by atoms with E-state index in [1.54, 1.807) is 6.08 Å². The number of allylic oxidation sites excluding steroid dienone is 1. The maximum atomic E-state index is 5.83. The zero-order valence-electron chi connectivity index (χ0n) is 15.5. The molecule has 0 fully saturated rings. The average Bonchev–Trinajstić information content (AvgIpc) is 2.64. The third kappa shape index (κ3) is 27.2. The largest absolute Gasteiger partial charge is 0.643 e. The SMILES string of the molecule is C=CC[SiH](Cl)Cl.CC(C[SiH](Cl)Cl)c1ccccc1.[Cl][Al]([Cl])[Cl].c1ccccc1. The third-order valence-corrected chi connectivity index (χ3v) is 6.80. The molecular weight excluding hydrogens is 548 g/mol. The molecule has 0 aliphatic carbocycles. The Balaban J connectivity index is 0. The first kappa shape index (κ1) is 31.4. The molecule has 0 aliphatic rings. The van der Waals surface area contributed by atoms with Crippen LogP contribution in [0, 0.1) is 0 Å². The zero-order valence-corrected chi connectivity index (χ0v) is 24.3. The molecule has 1 unspecified atom stereocenters. The highest BCUT2D eigenvalue weighted by Gasteiger charge is 2.10. The van der Waals surface area contributed by atoms with E-state index in [2.05, 4.69) is 25.6 Å². The Hall–Kier alpha value is 1.18. The number of benzene rings is 2. The summed E-state index contributed by atoms with van der Waals surface area (Å²) in [5.41, 5.74) is 1.33. The predicted molar refractivity (Wildman–Crippen MR) is 142 cm³/mol. The van der Waals surface area contributed by atoms with E-state index in [9.17, 15) is 0 Å². The van der Waals surface area contributed by atoms with Crippen molar-refractivity contribution in [2.24, 2.45) is 0 Å². The summed E-state index contributed by atoms with van der Waals surface area (Å²) in [5.74, 6) is 0.498. The second-order valence-corrected chi connectivity index (χ2v) is 21.9. The van der Waals surface area contributed by atoms with Gasteiger partial charge in [-0.25, -0.2) is 30.1 Å². The van der Waals surface area contributed by atoms with Gasteiger partial charge >= 0.3 is 11.4 Å². The van der Waals surface area contributed by atoms with Gasteiger partial charge in [0, 0.05) is 0 Å². The Labute approximate surface area is 208 Å². The highest BCUT2D eigenvalue weighted by Crippen LogP contribution is 2.23. The molecule has 156 valence electrons. The van der Waals surface area contributed by atoms with E-state index in [0.717, 1.165) is 12.1 Å². The van der Waals surface area contributed by atoms with Gasteiger partial charge in [-0.3, -0.25) is 0 Å². The lowest BCUT2D eigenvalue weighted by molar-refractivity contribution is 0.861. The van der Waals surface area contributed by atoms with Gasteiger partial charge in [0.2, 0.25) is 14.8 Å². The molecule has 2 aromatic carbocycles. The van der Waals surface area contributed by atoms with Crippen LogP contribution < -0.4 is 0 Å². The van der Waals surface area contributed by atoms with Crippen molar-refractivity contribution in [1.82, 2.24) is 0 Å². The lowest BCUT2D eigenvalue weighted by Gasteiger charge is -2.10. The van der Waals surface area contributed by atoms with E-state index in [-0.39, 0.29) is 0 Å². The fraction of sp³-hybridized carbons (Fsp3) is 0.222. The van der Waals surface area contributed by atoms with Crippen LogP contribution in [0.25, 0.3) is 0 Å². The number of hydrogen-bond donors (Lipinski definition) is 0. The highest BCUT2D eigenvalue weighted by atomic mass is 35.8. The molecule has 2 aromatic rings. The quantitative estimate of drug-likeness (QED) is 0.191. The lowest BCUT2D eigenvalue weighted by Crippen LogP contribution is -2.00. The molecule has 0 saturated carbocycles. The van der Waals surface area contributed by atoms with Gasteiger partial charge in [-0.15, -0.1) is 6.58 Å². The minimum Gasteiger partial charge on any atom is -0.214 e. The zero-order chi connectivity index (χ0) is 21.8. The second kappa shape index (κ2) is 22.9. The van der Waals surface area contributed by atoms with Crippen molar-refractivity contribution < 1.29 is 0 Å². The van der Waals surface area contributed by atoms with Crippen LogP contribution in [-0.4, -0.2) is 26.2 Å². The van der Waals surface area contributed by atoms with Crippen LogP contribution in [0.15, 0.2) is 79.4 Å². The molecule has 0 aromatic heterocycles. The molecule has 28 heavy (non-hydrogen) atoms. The summed E-state index contributed by atoms with van der Waals surface area (Å²) in [6, 6.07) is 24.1. The van der Waals surface area contributed by atoms with Gasteiger partial charge in [0.25, 0.3) is 0 Å². The molecule has 0 nitrogen and oxygen atoms in total. The van der Waals surface area contributed by atoms with E-state index in [4.69, 9.17) is 74.5 Å². The normalized spacial score (nSPS) is 10.4. The van der Waals surface area contributed by atoms with Crippen LogP contribution >= 0.6 is 74.5 Å². The summed E-state index contributed by atoms with van der Waals surface area (Å²) in [7, 11) is 12.0. The van der Waals surface area contributed by atoms with Gasteiger partial charge < -0.3 is 0 Å². The minimum atomic E-state index is -1.72. The van der Waals surface area contributed by atoms with E-state index in [0.29, 0.717) is 5.92 Å². The van der Waals surface area contributed by atoms with Gasteiger partial charge in [0.05, 0.1) is 0 Å². The van der Waals surface area contributed by atoms with Crippen molar-refractivity contribution in [3.63, 3.8) is 0 Å². The second-order valence-electron chi connectivity index (χ2n) is 5.26. The van der Waals surface area contributed by atoms with E-state index < -0.39 is 26.2 Å². The number of rotatable bonds is 5. The summed E-state index contributed by atoms with van der Waals surface area (Å²) < 4.78 is 0. The molecule has 0 radical (unpaired) electrons. The molecule has 0 amide bonds. The topological polar surface area (TPSA) is 0 Å². The molecule has 1 atom stereocenters. The molecule has 0 bridgehead atoms. The van der Waals surface area contributed by atoms with Crippen molar-refractivity contribution in [3.8, 4) is 0 Å². The Bertz CT molecular complexity index is 531. The first-order valence-corrected chi connectivity index (χ1v) is 22.2. The third-order valence-electron chi connectivity index (χ3n) is 2.91. The van der Waals surface area contributed by atoms with E-state index >= 15 is 0 Å². The molecule has 10 heteroatoms. The molecule has 0 N–H and O–H groups in total. The lowest BCUT2D eigenvalue weighted by atomic mass is 10.0. The van der Waals surface area contributed by atoms with E-state index in [1.807, 2.05) is 54.6 Å². The monoisotopic (exact) mass is 568 g/mol. The number of hydrogen-bond acceptors (Lipinski definition) is 0. The average molecular weight is 572 g/mol. The van der Waals surface area contributed by atoms with Crippen LogP contribution in [-0.2, 0) is 0 Å². The van der Waals surface area contributed by atoms with Gasteiger partial charge in [-0.2, -0.15) is 44.3 Å². The first-order valence-electron chi connectivity index (χ1n) is 8.35. The summed E-state index contributed by atoms with van der Waals surface area (Å²) in [6.45, 7) is 5.63. The maximum absolute atomic E-state index is 5.83. The fourth-order valence-electron chi connectivity index (χ4n) is 1.70. The van der Waals surface area contributed by atoms with Gasteiger partial charge in [0.1, 0.15) is 0 Å². The Morgan fingerprint density at radius 2 is 1.18 bits per heavy atom. The van der Waals surface area contributed by atoms with Crippen LogP contribution in [0.2, 0.25) is 12.1 Å². The van der Waals surface area contributed by atoms with Gasteiger partial charge in [0.15, 0.2) is 0 Å². The van der Waals surface area contributed by atoms with Gasteiger partial charge in [-0.05, 0) is 23.6 Å².